The summed E-state index contributed by atoms with van der Waals surface area (Å²) < 4.78 is 1.15. The summed E-state index contributed by atoms with van der Waals surface area (Å²) >= 11 is 0. The van der Waals surface area contributed by atoms with Gasteiger partial charge in [0.25, 0.3) is 5.56 Å². The highest BCUT2D eigenvalue weighted by molar-refractivity contribution is 5.82. The SMILES string of the molecule is Cc1cn(CC(=O)N2CCN(C(=O)C(N)CO)CC2)c(=O)[nH]c1=O. The van der Waals surface area contributed by atoms with Gasteiger partial charge < -0.3 is 20.6 Å². The van der Waals surface area contributed by atoms with E-state index in [4.69, 9.17) is 10.8 Å². The Labute approximate surface area is 137 Å². The van der Waals surface area contributed by atoms with Crippen LogP contribution in [-0.4, -0.2) is 75.1 Å². The molecule has 132 valence electrons. The summed E-state index contributed by atoms with van der Waals surface area (Å²) in [5, 5.41) is 8.91. The fraction of sp³-hybridized carbons (Fsp3) is 0.571. The van der Waals surface area contributed by atoms with Crippen molar-refractivity contribution in [3.8, 4) is 0 Å². The molecule has 0 bridgehead atoms. The Bertz CT molecular complexity index is 732. The van der Waals surface area contributed by atoms with Crippen molar-refractivity contribution in [1.29, 1.82) is 0 Å². The molecule has 4 N–H and O–H groups in total. The Kier molecular flexibility index (Phi) is 5.52. The van der Waals surface area contributed by atoms with Crippen LogP contribution < -0.4 is 17.0 Å². The molecule has 2 heterocycles. The summed E-state index contributed by atoms with van der Waals surface area (Å²) in [6.07, 6.45) is 1.35. The number of aromatic nitrogens is 2. The van der Waals surface area contributed by atoms with Crippen LogP contribution in [0.25, 0.3) is 0 Å². The largest absolute Gasteiger partial charge is 0.394 e. The molecule has 1 aliphatic heterocycles. The van der Waals surface area contributed by atoms with Crippen LogP contribution in [-0.2, 0) is 16.1 Å². The molecule has 0 spiro atoms. The molecule has 1 atom stereocenters. The van der Waals surface area contributed by atoms with Crippen LogP contribution in [0.15, 0.2) is 15.8 Å². The van der Waals surface area contributed by atoms with Crippen LogP contribution in [0, 0.1) is 6.92 Å². The molecule has 1 saturated heterocycles. The maximum Gasteiger partial charge on any atom is 0.328 e. The Balaban J connectivity index is 1.96. The number of hydrogen-bond donors (Lipinski definition) is 3. The van der Waals surface area contributed by atoms with Crippen LogP contribution >= 0.6 is 0 Å². The molecule has 24 heavy (non-hydrogen) atoms. The molecule has 1 aromatic heterocycles. The lowest BCUT2D eigenvalue weighted by molar-refractivity contribution is -0.141. The number of hydrogen-bond acceptors (Lipinski definition) is 6. The summed E-state index contributed by atoms with van der Waals surface area (Å²) in [6, 6.07) is -0.949. The molecule has 10 nitrogen and oxygen atoms in total. The van der Waals surface area contributed by atoms with Crippen molar-refractivity contribution in [2.24, 2.45) is 5.73 Å². The Morgan fingerprint density at radius 2 is 1.83 bits per heavy atom. The van der Waals surface area contributed by atoms with Crippen LogP contribution in [0.1, 0.15) is 5.56 Å². The molecule has 1 unspecified atom stereocenters. The number of aryl methyl sites for hydroxylation is 1. The summed E-state index contributed by atoms with van der Waals surface area (Å²) in [7, 11) is 0. The van der Waals surface area contributed by atoms with E-state index >= 15 is 0 Å². The third-order valence-electron chi connectivity index (χ3n) is 3.95. The second kappa shape index (κ2) is 7.41. The maximum absolute atomic E-state index is 12.3. The van der Waals surface area contributed by atoms with Gasteiger partial charge in [0.1, 0.15) is 12.6 Å². The van der Waals surface area contributed by atoms with Crippen LogP contribution in [0.4, 0.5) is 0 Å². The average Bonchev–Trinajstić information content (AvgIpc) is 2.58. The molecule has 10 heteroatoms. The number of nitrogens with zero attached hydrogens (tertiary/aromatic N) is 3. The van der Waals surface area contributed by atoms with E-state index in [1.165, 1.54) is 11.1 Å². The van der Waals surface area contributed by atoms with Gasteiger partial charge in [0.05, 0.1) is 6.61 Å². The molecule has 0 aliphatic carbocycles. The molecule has 2 amide bonds. The smallest absolute Gasteiger partial charge is 0.328 e. The fourth-order valence-electron chi connectivity index (χ4n) is 2.47. The minimum absolute atomic E-state index is 0.180. The van der Waals surface area contributed by atoms with Crippen molar-refractivity contribution in [2.75, 3.05) is 32.8 Å². The van der Waals surface area contributed by atoms with E-state index in [1.54, 1.807) is 11.8 Å². The Hall–Kier alpha value is -2.46. The van der Waals surface area contributed by atoms with E-state index in [9.17, 15) is 19.2 Å². The van der Waals surface area contributed by atoms with Gasteiger partial charge >= 0.3 is 5.69 Å². The average molecular weight is 339 g/mol. The molecular formula is C14H21N5O5. The van der Waals surface area contributed by atoms with Gasteiger partial charge in [-0.15, -0.1) is 0 Å². The summed E-state index contributed by atoms with van der Waals surface area (Å²) in [5.74, 6) is -0.626. The molecule has 2 rings (SSSR count). The predicted molar refractivity (Wildman–Crippen MR) is 84.3 cm³/mol. The number of nitrogens with one attached hydrogen (secondary N) is 1. The first-order valence-electron chi connectivity index (χ1n) is 7.57. The predicted octanol–water partition coefficient (Wildman–Crippen LogP) is -3.16. The van der Waals surface area contributed by atoms with Crippen molar-refractivity contribution in [3.63, 3.8) is 0 Å². The Morgan fingerprint density at radius 3 is 2.42 bits per heavy atom. The number of carbonyl (C=O) groups excluding carboxylic acids is 2. The number of H-pyrrole nitrogens is 1. The number of aromatic amines is 1. The summed E-state index contributed by atoms with van der Waals surface area (Å²) in [5.41, 5.74) is 4.73. The van der Waals surface area contributed by atoms with Gasteiger partial charge in [-0.1, -0.05) is 0 Å². The number of carbonyl (C=O) groups is 2. The lowest BCUT2D eigenvalue weighted by atomic mass is 10.2. The van der Waals surface area contributed by atoms with Gasteiger partial charge in [0, 0.05) is 37.9 Å². The first-order chi connectivity index (χ1) is 11.3. The minimum atomic E-state index is -0.949. The topological polar surface area (TPSA) is 142 Å². The zero-order valence-electron chi connectivity index (χ0n) is 13.4. The van der Waals surface area contributed by atoms with E-state index in [-0.39, 0.29) is 18.4 Å². The second-order valence-electron chi connectivity index (χ2n) is 5.69. The van der Waals surface area contributed by atoms with Crippen LogP contribution in [0.5, 0.6) is 0 Å². The molecule has 0 radical (unpaired) electrons. The van der Waals surface area contributed by atoms with Gasteiger partial charge in [0.15, 0.2) is 0 Å². The third-order valence-corrected chi connectivity index (χ3v) is 3.95. The standard InChI is InChI=1S/C14H21N5O5/c1-9-6-19(14(24)16-12(9)22)7-11(21)17-2-4-18(5-3-17)13(23)10(15)8-20/h6,10,20H,2-5,7-8,15H2,1H3,(H,16,22,24). The van der Waals surface area contributed by atoms with Gasteiger partial charge in [-0.25, -0.2) is 4.79 Å². The van der Waals surface area contributed by atoms with E-state index < -0.39 is 23.9 Å². The molecular weight excluding hydrogens is 318 g/mol. The molecule has 1 aliphatic rings. The Morgan fingerprint density at radius 1 is 1.25 bits per heavy atom. The highest BCUT2D eigenvalue weighted by Crippen LogP contribution is 2.05. The normalized spacial score (nSPS) is 16.1. The summed E-state index contributed by atoms with van der Waals surface area (Å²) in [4.78, 5) is 52.4. The van der Waals surface area contributed by atoms with Gasteiger partial charge in [-0.05, 0) is 6.92 Å². The third kappa shape index (κ3) is 3.89. The zero-order valence-corrected chi connectivity index (χ0v) is 13.4. The number of nitrogens with two attached hydrogens (primary N) is 1. The van der Waals surface area contributed by atoms with Crippen molar-refractivity contribution in [3.05, 3.63) is 32.6 Å². The zero-order chi connectivity index (χ0) is 17.9. The number of amides is 2. The highest BCUT2D eigenvalue weighted by Gasteiger charge is 2.27. The molecule has 1 aromatic rings. The van der Waals surface area contributed by atoms with Gasteiger partial charge in [0.2, 0.25) is 11.8 Å². The van der Waals surface area contributed by atoms with Gasteiger partial charge in [-0.3, -0.25) is 23.9 Å². The van der Waals surface area contributed by atoms with Crippen LogP contribution in [0.2, 0.25) is 0 Å². The lowest BCUT2D eigenvalue weighted by Gasteiger charge is -2.35. The lowest BCUT2D eigenvalue weighted by Crippen LogP contribution is -2.55. The molecule has 0 saturated carbocycles. The van der Waals surface area contributed by atoms with Crippen molar-refractivity contribution in [2.45, 2.75) is 19.5 Å². The fourth-order valence-corrected chi connectivity index (χ4v) is 2.47. The number of aliphatic hydroxyl groups excluding tert-OH is 1. The van der Waals surface area contributed by atoms with E-state index in [1.807, 2.05) is 0 Å². The molecule has 0 aromatic carbocycles. The van der Waals surface area contributed by atoms with Crippen molar-refractivity contribution < 1.29 is 14.7 Å². The van der Waals surface area contributed by atoms with Gasteiger partial charge in [-0.2, -0.15) is 0 Å². The van der Waals surface area contributed by atoms with Crippen LogP contribution in [0.3, 0.4) is 0 Å². The van der Waals surface area contributed by atoms with E-state index in [2.05, 4.69) is 4.98 Å². The van der Waals surface area contributed by atoms with Crippen molar-refractivity contribution in [1.82, 2.24) is 19.4 Å². The van der Waals surface area contributed by atoms with Crippen molar-refractivity contribution >= 4 is 11.8 Å². The first-order valence-corrected chi connectivity index (χ1v) is 7.57. The number of aliphatic hydroxyl groups is 1. The monoisotopic (exact) mass is 339 g/mol. The molecule has 1 fully saturated rings. The highest BCUT2D eigenvalue weighted by atomic mass is 16.3. The van der Waals surface area contributed by atoms with E-state index in [0.717, 1.165) is 4.57 Å². The second-order valence-corrected chi connectivity index (χ2v) is 5.69. The minimum Gasteiger partial charge on any atom is -0.394 e. The quantitative estimate of drug-likeness (QED) is 0.528. The van der Waals surface area contributed by atoms with E-state index in [0.29, 0.717) is 31.7 Å². The first kappa shape index (κ1) is 17.9. The summed E-state index contributed by atoms with van der Waals surface area (Å²) in [6.45, 7) is 2.22. The number of rotatable bonds is 4. The maximum atomic E-state index is 12.3. The number of piperazine rings is 1.